The summed E-state index contributed by atoms with van der Waals surface area (Å²) in [5.41, 5.74) is 0.482. The molecule has 1 saturated heterocycles. The van der Waals surface area contributed by atoms with Gasteiger partial charge >= 0.3 is 0 Å². The monoisotopic (exact) mass is 346 g/mol. The number of hydrogen-bond acceptors (Lipinski definition) is 3. The average molecular weight is 347 g/mol. The van der Waals surface area contributed by atoms with Crippen LogP contribution in [-0.4, -0.2) is 30.0 Å². The lowest BCUT2D eigenvalue weighted by Gasteiger charge is -2.21. The van der Waals surface area contributed by atoms with Crippen LogP contribution in [0.1, 0.15) is 12.8 Å². The van der Waals surface area contributed by atoms with Crippen LogP contribution < -0.4 is 10.6 Å². The molecule has 2 rings (SSSR count). The van der Waals surface area contributed by atoms with Gasteiger partial charge in [-0.3, -0.25) is 4.79 Å². The number of benzene rings is 1. The molecule has 0 saturated carbocycles. The Morgan fingerprint density at radius 2 is 2.21 bits per heavy atom. The fraction of sp³-hybridized carbons (Fsp3) is 0.462. The molecule has 0 bridgehead atoms. The standard InChI is InChI=1S/C13H16BrFN2OS/c14-11-2-1-9(15)7-12(11)17-13(18)8-19-10-3-5-16-6-4-10/h1-2,7,10,16H,3-6,8H2,(H,17,18). The molecular weight excluding hydrogens is 331 g/mol. The van der Waals surface area contributed by atoms with E-state index in [0.717, 1.165) is 25.9 Å². The van der Waals surface area contributed by atoms with E-state index in [-0.39, 0.29) is 11.7 Å². The molecule has 3 nitrogen and oxygen atoms in total. The molecule has 1 aromatic rings. The van der Waals surface area contributed by atoms with Gasteiger partial charge in [0.2, 0.25) is 5.91 Å². The third kappa shape index (κ3) is 4.78. The second-order valence-electron chi connectivity index (χ2n) is 4.43. The zero-order valence-electron chi connectivity index (χ0n) is 10.4. The van der Waals surface area contributed by atoms with Crippen LogP contribution in [0.2, 0.25) is 0 Å². The maximum absolute atomic E-state index is 13.1. The van der Waals surface area contributed by atoms with Crippen LogP contribution in [0.3, 0.4) is 0 Å². The fourth-order valence-corrected chi connectivity index (χ4v) is 3.31. The van der Waals surface area contributed by atoms with E-state index >= 15 is 0 Å². The molecule has 104 valence electrons. The number of nitrogens with one attached hydrogen (secondary N) is 2. The second kappa shape index (κ2) is 7.26. The van der Waals surface area contributed by atoms with Gasteiger partial charge in [-0.1, -0.05) is 0 Å². The predicted octanol–water partition coefficient (Wildman–Crippen LogP) is 3.01. The van der Waals surface area contributed by atoms with Crippen LogP contribution in [0.4, 0.5) is 10.1 Å². The number of carbonyl (C=O) groups is 1. The molecule has 1 aromatic carbocycles. The first-order valence-electron chi connectivity index (χ1n) is 6.22. The Labute approximate surface area is 124 Å². The van der Waals surface area contributed by atoms with E-state index in [9.17, 15) is 9.18 Å². The summed E-state index contributed by atoms with van der Waals surface area (Å²) >= 11 is 4.96. The van der Waals surface area contributed by atoms with E-state index in [1.165, 1.54) is 12.1 Å². The van der Waals surface area contributed by atoms with Crippen molar-refractivity contribution in [2.45, 2.75) is 18.1 Å². The quantitative estimate of drug-likeness (QED) is 0.880. The molecule has 1 aliphatic heterocycles. The van der Waals surface area contributed by atoms with Gasteiger partial charge in [0, 0.05) is 9.72 Å². The minimum atomic E-state index is -0.357. The minimum Gasteiger partial charge on any atom is -0.324 e. The molecule has 1 amide bonds. The highest BCUT2D eigenvalue weighted by molar-refractivity contribution is 9.10. The first kappa shape index (κ1) is 14.8. The Morgan fingerprint density at radius 1 is 1.47 bits per heavy atom. The van der Waals surface area contributed by atoms with Crippen LogP contribution in [0.25, 0.3) is 0 Å². The molecule has 0 spiro atoms. The topological polar surface area (TPSA) is 41.1 Å². The van der Waals surface area contributed by atoms with Crippen molar-refractivity contribution >= 4 is 39.3 Å². The van der Waals surface area contributed by atoms with Gasteiger partial charge in [0.05, 0.1) is 11.4 Å². The Kier molecular flexibility index (Phi) is 5.66. The number of amides is 1. The molecule has 0 aliphatic carbocycles. The van der Waals surface area contributed by atoms with E-state index in [4.69, 9.17) is 0 Å². The third-order valence-corrected chi connectivity index (χ3v) is 5.00. The van der Waals surface area contributed by atoms with Crippen molar-refractivity contribution in [2.75, 3.05) is 24.2 Å². The van der Waals surface area contributed by atoms with Gasteiger partial charge in [0.1, 0.15) is 5.82 Å². The van der Waals surface area contributed by atoms with Crippen molar-refractivity contribution in [1.29, 1.82) is 0 Å². The van der Waals surface area contributed by atoms with Gasteiger partial charge in [-0.15, -0.1) is 11.8 Å². The van der Waals surface area contributed by atoms with Gasteiger partial charge in [0.25, 0.3) is 0 Å². The fourth-order valence-electron chi connectivity index (χ4n) is 1.94. The number of halogens is 2. The van der Waals surface area contributed by atoms with E-state index in [1.54, 1.807) is 17.8 Å². The van der Waals surface area contributed by atoms with Gasteiger partial charge in [-0.2, -0.15) is 0 Å². The maximum atomic E-state index is 13.1. The van der Waals surface area contributed by atoms with E-state index in [0.29, 0.717) is 21.2 Å². The highest BCUT2D eigenvalue weighted by Gasteiger charge is 2.15. The van der Waals surface area contributed by atoms with E-state index in [2.05, 4.69) is 26.6 Å². The smallest absolute Gasteiger partial charge is 0.234 e. The largest absolute Gasteiger partial charge is 0.324 e. The lowest BCUT2D eigenvalue weighted by atomic mass is 10.2. The Bertz CT molecular complexity index is 452. The maximum Gasteiger partial charge on any atom is 0.234 e. The van der Waals surface area contributed by atoms with Crippen molar-refractivity contribution in [1.82, 2.24) is 5.32 Å². The van der Waals surface area contributed by atoms with Crippen LogP contribution in [0, 0.1) is 5.82 Å². The van der Waals surface area contributed by atoms with Crippen molar-refractivity contribution in [3.05, 3.63) is 28.5 Å². The molecule has 1 heterocycles. The zero-order valence-corrected chi connectivity index (χ0v) is 12.8. The van der Waals surface area contributed by atoms with Gasteiger partial charge in [-0.05, 0) is 60.1 Å². The Hall–Kier alpha value is -0.590. The summed E-state index contributed by atoms with van der Waals surface area (Å²) in [7, 11) is 0. The molecule has 1 fully saturated rings. The SMILES string of the molecule is O=C(CSC1CCNCC1)Nc1cc(F)ccc1Br. The number of thioether (sulfide) groups is 1. The molecule has 6 heteroatoms. The molecule has 0 radical (unpaired) electrons. The summed E-state index contributed by atoms with van der Waals surface area (Å²) in [6.45, 7) is 2.05. The Morgan fingerprint density at radius 3 is 2.95 bits per heavy atom. The second-order valence-corrected chi connectivity index (χ2v) is 6.58. The first-order chi connectivity index (χ1) is 9.15. The van der Waals surface area contributed by atoms with Crippen LogP contribution in [0.15, 0.2) is 22.7 Å². The summed E-state index contributed by atoms with van der Waals surface area (Å²) < 4.78 is 13.8. The lowest BCUT2D eigenvalue weighted by molar-refractivity contribution is -0.113. The van der Waals surface area contributed by atoms with Crippen molar-refractivity contribution in [3.8, 4) is 0 Å². The van der Waals surface area contributed by atoms with Gasteiger partial charge in [-0.25, -0.2) is 4.39 Å². The summed E-state index contributed by atoms with van der Waals surface area (Å²) in [5, 5.41) is 6.57. The zero-order chi connectivity index (χ0) is 13.7. The first-order valence-corrected chi connectivity index (χ1v) is 8.06. The van der Waals surface area contributed by atoms with Crippen molar-refractivity contribution in [3.63, 3.8) is 0 Å². The summed E-state index contributed by atoms with van der Waals surface area (Å²) in [4.78, 5) is 11.8. The molecule has 0 aromatic heterocycles. The van der Waals surface area contributed by atoms with Crippen molar-refractivity contribution < 1.29 is 9.18 Å². The van der Waals surface area contributed by atoms with Crippen LogP contribution >= 0.6 is 27.7 Å². The molecule has 0 atom stereocenters. The summed E-state index contributed by atoms with van der Waals surface area (Å²) in [5.74, 6) is -0.0347. The highest BCUT2D eigenvalue weighted by Crippen LogP contribution is 2.24. The van der Waals surface area contributed by atoms with Crippen LogP contribution in [-0.2, 0) is 4.79 Å². The molecule has 0 unspecified atom stereocenters. The number of carbonyl (C=O) groups excluding carboxylic acids is 1. The van der Waals surface area contributed by atoms with E-state index in [1.807, 2.05) is 0 Å². The highest BCUT2D eigenvalue weighted by atomic mass is 79.9. The van der Waals surface area contributed by atoms with Gasteiger partial charge in [0.15, 0.2) is 0 Å². The van der Waals surface area contributed by atoms with Crippen molar-refractivity contribution in [2.24, 2.45) is 0 Å². The normalized spacial score (nSPS) is 16.3. The van der Waals surface area contributed by atoms with E-state index < -0.39 is 0 Å². The number of rotatable bonds is 4. The molecule has 2 N–H and O–H groups in total. The number of piperidine rings is 1. The Balaban J connectivity index is 1.81. The molecule has 1 aliphatic rings. The minimum absolute atomic E-state index is 0.0881. The number of anilines is 1. The average Bonchev–Trinajstić information content (AvgIpc) is 2.42. The molecule has 19 heavy (non-hydrogen) atoms. The predicted molar refractivity (Wildman–Crippen MR) is 81.1 cm³/mol. The third-order valence-electron chi connectivity index (χ3n) is 2.94. The van der Waals surface area contributed by atoms with Crippen LogP contribution in [0.5, 0.6) is 0 Å². The summed E-state index contributed by atoms with van der Waals surface area (Å²) in [6.07, 6.45) is 2.20. The van der Waals surface area contributed by atoms with Gasteiger partial charge < -0.3 is 10.6 Å². The molecular formula is C13H16BrFN2OS. The number of hydrogen-bond donors (Lipinski definition) is 2. The lowest BCUT2D eigenvalue weighted by Crippen LogP contribution is -2.30. The summed E-state index contributed by atoms with van der Waals surface area (Å²) in [6, 6.07) is 4.26.